The van der Waals surface area contributed by atoms with Crippen LogP contribution in [0.5, 0.6) is 0 Å². The predicted octanol–water partition coefficient (Wildman–Crippen LogP) is 1.79. The number of carbonyl (C=O) groups excluding carboxylic acids is 2. The second kappa shape index (κ2) is 8.73. The fraction of sp³-hybridized carbons (Fsp3) is 0.875. The first-order valence-corrected chi connectivity index (χ1v) is 8.33. The number of hydrogen-bond donors (Lipinski definition) is 1. The van der Waals surface area contributed by atoms with Crippen molar-refractivity contribution in [3.05, 3.63) is 0 Å². The van der Waals surface area contributed by atoms with E-state index in [0.29, 0.717) is 18.9 Å². The van der Waals surface area contributed by atoms with Gasteiger partial charge in [0, 0.05) is 32.1 Å². The number of hydrogen-bond acceptors (Lipinski definition) is 3. The normalized spacial score (nSPS) is 24.2. The van der Waals surface area contributed by atoms with Crippen LogP contribution in [0.3, 0.4) is 0 Å². The summed E-state index contributed by atoms with van der Waals surface area (Å²) >= 11 is 0. The van der Waals surface area contributed by atoms with Crippen LogP contribution in [0.15, 0.2) is 0 Å². The van der Waals surface area contributed by atoms with Gasteiger partial charge in [0.05, 0.1) is 0 Å². The Morgan fingerprint density at radius 3 is 2.59 bits per heavy atom. The minimum Gasteiger partial charge on any atom is -0.339 e. The summed E-state index contributed by atoms with van der Waals surface area (Å²) in [4.78, 5) is 28.8. The Labute approximate surface area is 140 Å². The molecule has 0 aliphatic carbocycles. The van der Waals surface area contributed by atoms with Gasteiger partial charge in [0.1, 0.15) is 6.04 Å². The second-order valence-electron chi connectivity index (χ2n) is 6.88. The van der Waals surface area contributed by atoms with Crippen LogP contribution in [0.25, 0.3) is 0 Å². The maximum Gasteiger partial charge on any atom is 0.245 e. The summed E-state index contributed by atoms with van der Waals surface area (Å²) in [7, 11) is 0. The smallest absolute Gasteiger partial charge is 0.245 e. The first-order chi connectivity index (χ1) is 9.99. The Morgan fingerprint density at radius 1 is 1.27 bits per heavy atom. The van der Waals surface area contributed by atoms with Crippen LogP contribution in [0.2, 0.25) is 0 Å². The van der Waals surface area contributed by atoms with Gasteiger partial charge in [-0.25, -0.2) is 0 Å². The lowest BCUT2D eigenvalue weighted by Gasteiger charge is -2.39. The van der Waals surface area contributed by atoms with E-state index in [-0.39, 0.29) is 36.3 Å². The SMILES string of the molecule is CC(C)CC(C(=O)N1CCCC(N)C1)N1CCCCC1=O.Cl. The van der Waals surface area contributed by atoms with Crippen LogP contribution < -0.4 is 5.73 Å². The van der Waals surface area contributed by atoms with Crippen molar-refractivity contribution in [2.45, 2.75) is 64.5 Å². The highest BCUT2D eigenvalue weighted by Crippen LogP contribution is 2.22. The highest BCUT2D eigenvalue weighted by molar-refractivity contribution is 5.88. The van der Waals surface area contributed by atoms with E-state index in [1.807, 2.05) is 9.80 Å². The van der Waals surface area contributed by atoms with Crippen molar-refractivity contribution in [2.75, 3.05) is 19.6 Å². The second-order valence-corrected chi connectivity index (χ2v) is 6.88. The summed E-state index contributed by atoms with van der Waals surface area (Å²) in [6.07, 6.45) is 5.24. The molecular formula is C16H30ClN3O2. The van der Waals surface area contributed by atoms with Gasteiger partial charge >= 0.3 is 0 Å². The average molecular weight is 332 g/mol. The molecule has 128 valence electrons. The monoisotopic (exact) mass is 331 g/mol. The zero-order chi connectivity index (χ0) is 15.4. The molecule has 5 nitrogen and oxygen atoms in total. The lowest BCUT2D eigenvalue weighted by atomic mass is 9.97. The van der Waals surface area contributed by atoms with Crippen LogP contribution in [0.4, 0.5) is 0 Å². The first kappa shape index (κ1) is 19.2. The van der Waals surface area contributed by atoms with E-state index in [0.717, 1.165) is 45.2 Å². The number of likely N-dealkylation sites (tertiary alicyclic amines) is 2. The lowest BCUT2D eigenvalue weighted by Crippen LogP contribution is -2.56. The molecular weight excluding hydrogens is 302 g/mol. The highest BCUT2D eigenvalue weighted by atomic mass is 35.5. The van der Waals surface area contributed by atoms with Gasteiger partial charge < -0.3 is 15.5 Å². The number of nitrogens with zero attached hydrogens (tertiary/aromatic N) is 2. The molecule has 0 bridgehead atoms. The molecule has 2 atom stereocenters. The van der Waals surface area contributed by atoms with Gasteiger partial charge in [0.15, 0.2) is 0 Å². The molecule has 0 aromatic heterocycles. The third kappa shape index (κ3) is 4.85. The van der Waals surface area contributed by atoms with Crippen LogP contribution in [-0.2, 0) is 9.59 Å². The first-order valence-electron chi connectivity index (χ1n) is 8.33. The van der Waals surface area contributed by atoms with E-state index in [2.05, 4.69) is 13.8 Å². The van der Waals surface area contributed by atoms with Gasteiger partial charge in [-0.15, -0.1) is 12.4 Å². The quantitative estimate of drug-likeness (QED) is 0.854. The number of rotatable bonds is 4. The van der Waals surface area contributed by atoms with Crippen molar-refractivity contribution >= 4 is 24.2 Å². The zero-order valence-corrected chi connectivity index (χ0v) is 14.6. The third-order valence-corrected chi connectivity index (χ3v) is 4.49. The molecule has 2 aliphatic rings. The fourth-order valence-corrected chi connectivity index (χ4v) is 3.39. The van der Waals surface area contributed by atoms with Crippen molar-refractivity contribution in [1.82, 2.24) is 9.80 Å². The summed E-state index contributed by atoms with van der Waals surface area (Å²) in [6.45, 7) is 6.35. The Hall–Kier alpha value is -0.810. The summed E-state index contributed by atoms with van der Waals surface area (Å²) in [5.74, 6) is 0.641. The Balaban J connectivity index is 0.00000242. The van der Waals surface area contributed by atoms with Crippen LogP contribution in [0, 0.1) is 5.92 Å². The zero-order valence-electron chi connectivity index (χ0n) is 13.8. The number of carbonyl (C=O) groups is 2. The number of nitrogens with two attached hydrogens (primary N) is 1. The average Bonchev–Trinajstić information content (AvgIpc) is 2.45. The van der Waals surface area contributed by atoms with Crippen LogP contribution >= 0.6 is 12.4 Å². The number of amides is 2. The number of piperidine rings is 2. The molecule has 2 rings (SSSR count). The summed E-state index contributed by atoms with van der Waals surface area (Å²) in [6, 6.07) is -0.206. The maximum atomic E-state index is 12.9. The predicted molar refractivity (Wildman–Crippen MR) is 89.8 cm³/mol. The largest absolute Gasteiger partial charge is 0.339 e. The molecule has 0 spiro atoms. The van der Waals surface area contributed by atoms with Crippen LogP contribution in [0.1, 0.15) is 52.4 Å². The van der Waals surface area contributed by atoms with Gasteiger partial charge in [-0.3, -0.25) is 9.59 Å². The van der Waals surface area contributed by atoms with Gasteiger partial charge in [-0.1, -0.05) is 13.8 Å². The molecule has 2 fully saturated rings. The Kier molecular flexibility index (Phi) is 7.63. The highest BCUT2D eigenvalue weighted by Gasteiger charge is 2.35. The molecule has 2 amide bonds. The summed E-state index contributed by atoms with van der Waals surface area (Å²) in [5, 5.41) is 0. The van der Waals surface area contributed by atoms with Gasteiger partial charge in [0.25, 0.3) is 0 Å². The lowest BCUT2D eigenvalue weighted by molar-refractivity contribution is -0.148. The van der Waals surface area contributed by atoms with Crippen molar-refractivity contribution < 1.29 is 9.59 Å². The van der Waals surface area contributed by atoms with E-state index < -0.39 is 0 Å². The molecule has 0 radical (unpaired) electrons. The minimum atomic E-state index is -0.289. The molecule has 2 aliphatic heterocycles. The molecule has 2 N–H and O–H groups in total. The van der Waals surface area contributed by atoms with E-state index in [1.54, 1.807) is 0 Å². The molecule has 6 heteroatoms. The van der Waals surface area contributed by atoms with E-state index in [1.165, 1.54) is 0 Å². The van der Waals surface area contributed by atoms with Gasteiger partial charge in [-0.2, -0.15) is 0 Å². The summed E-state index contributed by atoms with van der Waals surface area (Å²) in [5.41, 5.74) is 6.00. The molecule has 2 heterocycles. The Morgan fingerprint density at radius 2 is 2.00 bits per heavy atom. The maximum absolute atomic E-state index is 12.9. The molecule has 0 aromatic rings. The van der Waals surface area contributed by atoms with E-state index in [4.69, 9.17) is 5.73 Å². The van der Waals surface area contributed by atoms with Crippen molar-refractivity contribution in [1.29, 1.82) is 0 Å². The van der Waals surface area contributed by atoms with Crippen molar-refractivity contribution in [3.8, 4) is 0 Å². The summed E-state index contributed by atoms with van der Waals surface area (Å²) < 4.78 is 0. The molecule has 2 saturated heterocycles. The number of halogens is 1. The Bertz CT molecular complexity index is 390. The van der Waals surface area contributed by atoms with E-state index >= 15 is 0 Å². The fourth-order valence-electron chi connectivity index (χ4n) is 3.39. The standard InChI is InChI=1S/C16H29N3O2.ClH/c1-12(2)10-14(19-9-4-3-7-15(19)20)16(21)18-8-5-6-13(17)11-18;/h12-14H,3-11,17H2,1-2H3;1H. The van der Waals surface area contributed by atoms with Crippen molar-refractivity contribution in [3.63, 3.8) is 0 Å². The topological polar surface area (TPSA) is 66.6 Å². The van der Waals surface area contributed by atoms with Crippen LogP contribution in [-0.4, -0.2) is 53.3 Å². The molecule has 2 unspecified atom stereocenters. The minimum absolute atomic E-state index is 0. The molecule has 22 heavy (non-hydrogen) atoms. The van der Waals surface area contributed by atoms with Crippen molar-refractivity contribution in [2.24, 2.45) is 11.7 Å². The third-order valence-electron chi connectivity index (χ3n) is 4.49. The van der Waals surface area contributed by atoms with Gasteiger partial charge in [0.2, 0.25) is 11.8 Å². The van der Waals surface area contributed by atoms with E-state index in [9.17, 15) is 9.59 Å². The molecule has 0 saturated carbocycles. The molecule has 0 aromatic carbocycles. The van der Waals surface area contributed by atoms with Gasteiger partial charge in [-0.05, 0) is 38.0 Å².